The van der Waals surface area contributed by atoms with Crippen molar-refractivity contribution in [3.8, 4) is 0 Å². The first kappa shape index (κ1) is 16.9. The molecule has 0 heterocycles. The molecule has 1 rings (SSSR count). The van der Waals surface area contributed by atoms with Crippen molar-refractivity contribution in [3.63, 3.8) is 0 Å². The molecule has 0 aliphatic heterocycles. The van der Waals surface area contributed by atoms with Gasteiger partial charge in [0.15, 0.2) is 0 Å². The third kappa shape index (κ3) is 6.72. The normalized spacial score (nSPS) is 25.5. The third-order valence-electron chi connectivity index (χ3n) is 4.06. The number of nitrogens with one attached hydrogen (secondary N) is 1. The minimum atomic E-state index is -3.14. The van der Waals surface area contributed by atoms with Crippen molar-refractivity contribution in [1.82, 2.24) is 4.72 Å². The van der Waals surface area contributed by atoms with Gasteiger partial charge in [-0.15, -0.1) is 0 Å². The lowest BCUT2D eigenvalue weighted by Crippen LogP contribution is -2.38. The van der Waals surface area contributed by atoms with Crippen LogP contribution in [0, 0.1) is 17.3 Å². The maximum absolute atomic E-state index is 12.0. The highest BCUT2D eigenvalue weighted by Crippen LogP contribution is 2.29. The maximum atomic E-state index is 12.0. The van der Waals surface area contributed by atoms with Crippen LogP contribution in [-0.4, -0.2) is 27.3 Å². The second-order valence-electron chi connectivity index (χ2n) is 7.02. The molecule has 0 radical (unpaired) electrons. The predicted molar refractivity (Wildman–Crippen MR) is 80.4 cm³/mol. The van der Waals surface area contributed by atoms with E-state index in [-0.39, 0.29) is 11.2 Å². The van der Waals surface area contributed by atoms with Crippen molar-refractivity contribution in [2.45, 2.75) is 52.9 Å². The summed E-state index contributed by atoms with van der Waals surface area (Å²) in [7, 11) is -3.14. The van der Waals surface area contributed by atoms with E-state index in [2.05, 4.69) is 25.5 Å². The van der Waals surface area contributed by atoms with Crippen LogP contribution < -0.4 is 10.5 Å². The van der Waals surface area contributed by atoms with Crippen molar-refractivity contribution in [2.24, 2.45) is 23.0 Å². The maximum Gasteiger partial charge on any atom is 0.211 e. The second-order valence-corrected chi connectivity index (χ2v) is 8.94. The smallest absolute Gasteiger partial charge is 0.211 e. The molecule has 1 aliphatic carbocycles. The van der Waals surface area contributed by atoms with E-state index >= 15 is 0 Å². The lowest BCUT2D eigenvalue weighted by atomic mass is 9.79. The van der Waals surface area contributed by atoms with Gasteiger partial charge >= 0.3 is 0 Å². The van der Waals surface area contributed by atoms with Gasteiger partial charge in [0.2, 0.25) is 10.0 Å². The van der Waals surface area contributed by atoms with Crippen molar-refractivity contribution in [3.05, 3.63) is 0 Å². The fourth-order valence-corrected chi connectivity index (χ4v) is 4.10. The lowest BCUT2D eigenvalue weighted by molar-refractivity contribution is 0.244. The van der Waals surface area contributed by atoms with Gasteiger partial charge in [0.05, 0.1) is 5.75 Å². The van der Waals surface area contributed by atoms with Gasteiger partial charge in [-0.05, 0) is 43.1 Å². The number of sulfonamides is 1. The van der Waals surface area contributed by atoms with E-state index in [9.17, 15) is 8.42 Å². The monoisotopic (exact) mass is 290 g/mol. The molecule has 0 amide bonds. The molecule has 19 heavy (non-hydrogen) atoms. The summed E-state index contributed by atoms with van der Waals surface area (Å²) in [5, 5.41) is 0. The average Bonchev–Trinajstić information content (AvgIpc) is 2.34. The molecule has 0 saturated heterocycles. The molecule has 2 atom stereocenters. The minimum absolute atomic E-state index is 0.0549. The first-order chi connectivity index (χ1) is 8.73. The molecule has 0 bridgehead atoms. The SMILES string of the molecule is CC(C)(C)CCS(=O)(=O)NCC1CCCCC1CN. The number of hydrogen-bond donors (Lipinski definition) is 2. The summed E-state index contributed by atoms with van der Waals surface area (Å²) in [6, 6.07) is 0. The zero-order valence-corrected chi connectivity index (χ0v) is 13.4. The Hall–Kier alpha value is -0.130. The molecule has 0 spiro atoms. The van der Waals surface area contributed by atoms with Crippen LogP contribution in [0.2, 0.25) is 0 Å². The van der Waals surface area contributed by atoms with Gasteiger partial charge in [0.1, 0.15) is 0 Å². The topological polar surface area (TPSA) is 72.2 Å². The molecular formula is C14H30N2O2S. The van der Waals surface area contributed by atoms with Crippen LogP contribution in [0.1, 0.15) is 52.9 Å². The van der Waals surface area contributed by atoms with E-state index in [4.69, 9.17) is 5.73 Å². The van der Waals surface area contributed by atoms with Gasteiger partial charge < -0.3 is 5.73 Å². The molecule has 3 N–H and O–H groups in total. The fraction of sp³-hybridized carbons (Fsp3) is 1.00. The highest BCUT2D eigenvalue weighted by molar-refractivity contribution is 7.89. The summed E-state index contributed by atoms with van der Waals surface area (Å²) < 4.78 is 26.7. The summed E-state index contributed by atoms with van der Waals surface area (Å²) in [6.07, 6.45) is 5.36. The molecule has 1 fully saturated rings. The second kappa shape index (κ2) is 7.04. The molecule has 2 unspecified atom stereocenters. The van der Waals surface area contributed by atoms with Crippen LogP contribution in [-0.2, 0) is 10.0 Å². The minimum Gasteiger partial charge on any atom is -0.330 e. The molecule has 114 valence electrons. The van der Waals surface area contributed by atoms with E-state index in [1.807, 2.05) is 0 Å². The third-order valence-corrected chi connectivity index (χ3v) is 5.40. The molecule has 0 aromatic heterocycles. The highest BCUT2D eigenvalue weighted by atomic mass is 32.2. The van der Waals surface area contributed by atoms with Crippen LogP contribution in [0.25, 0.3) is 0 Å². The summed E-state index contributed by atoms with van der Waals surface area (Å²) >= 11 is 0. The van der Waals surface area contributed by atoms with Gasteiger partial charge in [-0.2, -0.15) is 0 Å². The van der Waals surface area contributed by atoms with E-state index in [1.165, 1.54) is 12.8 Å². The van der Waals surface area contributed by atoms with Crippen LogP contribution in [0.4, 0.5) is 0 Å². The quantitative estimate of drug-likeness (QED) is 0.787. The summed E-state index contributed by atoms with van der Waals surface area (Å²) in [5.74, 6) is 1.12. The molecule has 4 nitrogen and oxygen atoms in total. The van der Waals surface area contributed by atoms with Crippen molar-refractivity contribution in [2.75, 3.05) is 18.8 Å². The van der Waals surface area contributed by atoms with E-state index in [1.54, 1.807) is 0 Å². The molecule has 5 heteroatoms. The Bertz CT molecular complexity index is 360. The Labute approximate surface area is 118 Å². The van der Waals surface area contributed by atoms with Crippen molar-refractivity contribution < 1.29 is 8.42 Å². The first-order valence-corrected chi connectivity index (χ1v) is 9.06. The first-order valence-electron chi connectivity index (χ1n) is 7.41. The Kier molecular flexibility index (Phi) is 6.27. The zero-order chi connectivity index (χ0) is 14.5. The molecule has 0 aromatic carbocycles. The Morgan fingerprint density at radius 2 is 1.74 bits per heavy atom. The molecule has 1 saturated carbocycles. The number of hydrogen-bond acceptors (Lipinski definition) is 3. The van der Waals surface area contributed by atoms with Crippen LogP contribution >= 0.6 is 0 Å². The van der Waals surface area contributed by atoms with Gasteiger partial charge in [0, 0.05) is 6.54 Å². The fourth-order valence-electron chi connectivity index (χ4n) is 2.61. The van der Waals surface area contributed by atoms with Gasteiger partial charge in [-0.1, -0.05) is 33.6 Å². The largest absolute Gasteiger partial charge is 0.330 e. The van der Waals surface area contributed by atoms with Crippen LogP contribution in [0.5, 0.6) is 0 Å². The Morgan fingerprint density at radius 1 is 1.16 bits per heavy atom. The standard InChI is InChI=1S/C14H30N2O2S/c1-14(2,3)8-9-19(17,18)16-11-13-7-5-4-6-12(13)10-15/h12-13,16H,4-11,15H2,1-3H3. The lowest BCUT2D eigenvalue weighted by Gasteiger charge is -2.30. The van der Waals surface area contributed by atoms with Crippen LogP contribution in [0.15, 0.2) is 0 Å². The van der Waals surface area contributed by atoms with Gasteiger partial charge in [0.25, 0.3) is 0 Å². The molecular weight excluding hydrogens is 260 g/mol. The van der Waals surface area contributed by atoms with Crippen molar-refractivity contribution >= 4 is 10.0 Å². The summed E-state index contributed by atoms with van der Waals surface area (Å²) in [4.78, 5) is 0. The number of nitrogens with two attached hydrogens (primary N) is 1. The van der Waals surface area contributed by atoms with E-state index in [0.717, 1.165) is 12.8 Å². The highest BCUT2D eigenvalue weighted by Gasteiger charge is 2.25. The van der Waals surface area contributed by atoms with Gasteiger partial charge in [-0.25, -0.2) is 13.1 Å². The number of rotatable bonds is 6. The Balaban J connectivity index is 2.41. The zero-order valence-electron chi connectivity index (χ0n) is 12.6. The average molecular weight is 290 g/mol. The van der Waals surface area contributed by atoms with Gasteiger partial charge in [-0.3, -0.25) is 0 Å². The van der Waals surface area contributed by atoms with E-state index in [0.29, 0.717) is 31.3 Å². The molecule has 1 aliphatic rings. The summed E-state index contributed by atoms with van der Waals surface area (Å²) in [5.41, 5.74) is 5.83. The predicted octanol–water partition coefficient (Wildman–Crippen LogP) is 2.11. The van der Waals surface area contributed by atoms with E-state index < -0.39 is 10.0 Å². The molecule has 0 aromatic rings. The Morgan fingerprint density at radius 3 is 2.26 bits per heavy atom. The van der Waals surface area contributed by atoms with Crippen molar-refractivity contribution in [1.29, 1.82) is 0 Å². The van der Waals surface area contributed by atoms with Crippen LogP contribution in [0.3, 0.4) is 0 Å². The summed E-state index contributed by atoms with van der Waals surface area (Å²) in [6.45, 7) is 7.43.